The maximum Gasteiger partial charge on any atom is 0.472 e. The Morgan fingerprint density at radius 3 is 1.82 bits per heavy atom. The van der Waals surface area contributed by atoms with Crippen molar-refractivity contribution in [3.05, 3.63) is 24.3 Å². The zero-order valence-corrected chi connectivity index (χ0v) is 28.6. The van der Waals surface area contributed by atoms with Gasteiger partial charge in [0, 0.05) is 12.8 Å². The minimum Gasteiger partial charge on any atom is -0.480 e. The summed E-state index contributed by atoms with van der Waals surface area (Å²) in [4.78, 5) is 44.7. The Morgan fingerprint density at radius 2 is 1.24 bits per heavy atom. The van der Waals surface area contributed by atoms with Crippen LogP contribution in [0.3, 0.4) is 0 Å². The van der Waals surface area contributed by atoms with Crippen molar-refractivity contribution >= 4 is 25.7 Å². The highest BCUT2D eigenvalue weighted by atomic mass is 31.2. The first-order valence-corrected chi connectivity index (χ1v) is 18.4. The Morgan fingerprint density at radius 1 is 0.711 bits per heavy atom. The van der Waals surface area contributed by atoms with Crippen LogP contribution in [0.2, 0.25) is 0 Å². The Balaban J connectivity index is 3.78. The van der Waals surface area contributed by atoms with E-state index in [0.717, 1.165) is 38.5 Å². The van der Waals surface area contributed by atoms with Gasteiger partial charge in [-0.15, -0.1) is 0 Å². The summed E-state index contributed by atoms with van der Waals surface area (Å²) < 4.78 is 26.3. The number of ether oxygens (including phenoxy) is 1. The van der Waals surface area contributed by atoms with Crippen molar-refractivity contribution in [2.75, 3.05) is 19.8 Å². The second-order valence-corrected chi connectivity index (χ2v) is 12.8. The Kier molecular flexibility index (Phi) is 28.0. The van der Waals surface area contributed by atoms with Gasteiger partial charge in [0.25, 0.3) is 0 Å². The Hall–Kier alpha value is -2.04. The summed E-state index contributed by atoms with van der Waals surface area (Å²) in [6, 6.07) is -1.54. The molecule has 3 unspecified atom stereocenters. The maximum atomic E-state index is 12.0. The Labute approximate surface area is 270 Å². The molecule has 0 aromatic rings. The predicted octanol–water partition coefficient (Wildman–Crippen LogP) is 7.16. The molecule has 11 nitrogen and oxygen atoms in total. The number of rotatable bonds is 31. The normalized spacial score (nSPS) is 14.4. The van der Waals surface area contributed by atoms with Gasteiger partial charge in [0.05, 0.1) is 13.2 Å². The number of carbonyl (C=O) groups is 3. The maximum absolute atomic E-state index is 12.0. The van der Waals surface area contributed by atoms with Crippen LogP contribution in [-0.2, 0) is 32.7 Å². The number of amides is 1. The minimum atomic E-state index is -4.72. The first kappa shape index (κ1) is 43.0. The molecule has 0 aromatic carbocycles. The van der Waals surface area contributed by atoms with Gasteiger partial charge in [-0.25, -0.2) is 9.36 Å². The highest BCUT2D eigenvalue weighted by Gasteiger charge is 2.28. The van der Waals surface area contributed by atoms with E-state index in [1.165, 1.54) is 57.8 Å². The fourth-order valence-corrected chi connectivity index (χ4v) is 5.03. The number of unbranched alkanes of at least 4 members (excludes halogenated alkanes) is 13. The monoisotopic (exact) mass is 661 g/mol. The number of esters is 1. The number of carboxylic acid groups (broad SMARTS) is 1. The molecule has 0 radical (unpaired) electrons. The van der Waals surface area contributed by atoms with E-state index < -0.39 is 57.6 Å². The van der Waals surface area contributed by atoms with Crippen molar-refractivity contribution in [2.24, 2.45) is 0 Å². The smallest absolute Gasteiger partial charge is 0.472 e. The van der Waals surface area contributed by atoms with E-state index in [2.05, 4.69) is 45.6 Å². The molecule has 0 heterocycles. The summed E-state index contributed by atoms with van der Waals surface area (Å²) in [5, 5.41) is 21.3. The second-order valence-electron chi connectivity index (χ2n) is 11.4. The molecule has 0 fully saturated rings. The van der Waals surface area contributed by atoms with Gasteiger partial charge in [-0.3, -0.25) is 18.6 Å². The van der Waals surface area contributed by atoms with E-state index in [4.69, 9.17) is 4.74 Å². The molecule has 0 spiro atoms. The lowest BCUT2D eigenvalue weighted by Crippen LogP contribution is -2.43. The number of aliphatic hydroxyl groups is 1. The number of aliphatic hydroxyl groups excluding tert-OH is 1. The third kappa shape index (κ3) is 29.1. The number of aliphatic carboxylic acids is 1. The molecule has 12 heteroatoms. The van der Waals surface area contributed by atoms with Gasteiger partial charge in [-0.05, 0) is 44.9 Å². The summed E-state index contributed by atoms with van der Waals surface area (Å²) in [6.07, 6.45) is 26.6. The molecular formula is C33H60NO10P. The Bertz CT molecular complexity index is 880. The fourth-order valence-electron chi connectivity index (χ4n) is 4.26. The van der Waals surface area contributed by atoms with E-state index in [1.807, 2.05) is 6.92 Å². The van der Waals surface area contributed by atoms with Crippen molar-refractivity contribution in [2.45, 2.75) is 148 Å². The zero-order valence-electron chi connectivity index (χ0n) is 27.7. The number of carboxylic acids is 1. The van der Waals surface area contributed by atoms with Crippen LogP contribution in [0.4, 0.5) is 0 Å². The number of nitrogens with one attached hydrogen (secondary N) is 1. The third-order valence-corrected chi connectivity index (χ3v) is 7.94. The number of carbonyl (C=O) groups excluding carboxylic acids is 2. The largest absolute Gasteiger partial charge is 0.480 e. The molecule has 262 valence electrons. The second kappa shape index (κ2) is 29.4. The summed E-state index contributed by atoms with van der Waals surface area (Å²) >= 11 is 0. The molecule has 0 saturated heterocycles. The van der Waals surface area contributed by atoms with Gasteiger partial charge in [0.1, 0.15) is 12.7 Å². The molecule has 0 rings (SSSR count). The van der Waals surface area contributed by atoms with E-state index >= 15 is 0 Å². The predicted molar refractivity (Wildman–Crippen MR) is 176 cm³/mol. The van der Waals surface area contributed by atoms with Gasteiger partial charge < -0.3 is 25.2 Å². The van der Waals surface area contributed by atoms with Gasteiger partial charge in [-0.2, -0.15) is 0 Å². The number of hydrogen-bond acceptors (Lipinski definition) is 8. The quantitative estimate of drug-likeness (QED) is 0.0259. The molecule has 0 saturated carbocycles. The van der Waals surface area contributed by atoms with Crippen molar-refractivity contribution in [1.82, 2.24) is 5.32 Å². The molecule has 0 aromatic heterocycles. The topological polar surface area (TPSA) is 169 Å². The van der Waals surface area contributed by atoms with E-state index in [0.29, 0.717) is 12.8 Å². The number of phosphoric acid groups is 1. The number of hydrogen-bond donors (Lipinski definition) is 4. The van der Waals surface area contributed by atoms with Crippen LogP contribution in [0, 0.1) is 0 Å². The zero-order chi connectivity index (χ0) is 33.6. The van der Waals surface area contributed by atoms with Crippen molar-refractivity contribution in [3.8, 4) is 0 Å². The number of phosphoric ester groups is 1. The third-order valence-electron chi connectivity index (χ3n) is 6.99. The summed E-state index contributed by atoms with van der Waals surface area (Å²) in [6.45, 7) is 2.21. The molecule has 45 heavy (non-hydrogen) atoms. The highest BCUT2D eigenvalue weighted by Crippen LogP contribution is 2.43. The number of allylic oxidation sites excluding steroid dienone is 4. The van der Waals surface area contributed by atoms with Crippen molar-refractivity contribution in [1.29, 1.82) is 0 Å². The van der Waals surface area contributed by atoms with Crippen LogP contribution in [0.1, 0.15) is 136 Å². The van der Waals surface area contributed by atoms with Crippen LogP contribution in [-0.4, -0.2) is 64.9 Å². The molecule has 0 bridgehead atoms. The van der Waals surface area contributed by atoms with Crippen LogP contribution in [0.5, 0.6) is 0 Å². The van der Waals surface area contributed by atoms with Crippen LogP contribution < -0.4 is 5.32 Å². The van der Waals surface area contributed by atoms with Crippen LogP contribution in [0.15, 0.2) is 24.3 Å². The first-order valence-electron chi connectivity index (χ1n) is 16.9. The fraction of sp³-hybridized carbons (Fsp3) is 0.788. The molecular weight excluding hydrogens is 601 g/mol. The average molecular weight is 662 g/mol. The molecule has 0 aliphatic heterocycles. The van der Waals surface area contributed by atoms with E-state index in [-0.39, 0.29) is 12.8 Å². The molecule has 0 aliphatic carbocycles. The van der Waals surface area contributed by atoms with Crippen molar-refractivity contribution in [3.63, 3.8) is 0 Å². The summed E-state index contributed by atoms with van der Waals surface area (Å²) in [5.41, 5.74) is 0. The minimum absolute atomic E-state index is 0.120. The van der Waals surface area contributed by atoms with Crippen molar-refractivity contribution < 1.29 is 47.8 Å². The van der Waals surface area contributed by atoms with Gasteiger partial charge in [-0.1, -0.05) is 102 Å². The first-order chi connectivity index (χ1) is 21.6. The lowest BCUT2D eigenvalue weighted by atomic mass is 10.1. The summed E-state index contributed by atoms with van der Waals surface area (Å²) in [5.74, 6) is -2.43. The van der Waals surface area contributed by atoms with E-state index in [9.17, 15) is 34.1 Å². The van der Waals surface area contributed by atoms with Gasteiger partial charge >= 0.3 is 19.8 Å². The van der Waals surface area contributed by atoms with Gasteiger partial charge in [0.15, 0.2) is 6.04 Å². The average Bonchev–Trinajstić information content (AvgIpc) is 3.01. The van der Waals surface area contributed by atoms with E-state index in [1.54, 1.807) is 0 Å². The molecule has 3 atom stereocenters. The summed E-state index contributed by atoms with van der Waals surface area (Å²) in [7, 11) is -4.72. The van der Waals surface area contributed by atoms with Gasteiger partial charge in [0.2, 0.25) is 5.91 Å². The molecule has 1 amide bonds. The lowest BCUT2D eigenvalue weighted by Gasteiger charge is -2.18. The SMILES string of the molecule is CCCCC/C=C\C/C=C\CCCCCCCCCCCC(=O)OCC(O)COP(=O)(O)OCC(NC(=O)CCCC)C(=O)O. The van der Waals surface area contributed by atoms with Crippen LogP contribution >= 0.6 is 7.82 Å². The lowest BCUT2D eigenvalue weighted by molar-refractivity contribution is -0.147. The standard InChI is InChI=1S/C33H60NO10P/c1-3-5-7-8-9-10-11-12-13-14-15-16-17-18-19-20-21-22-23-25-32(37)42-26-29(35)27-43-45(40,41)44-28-30(33(38)39)34-31(36)24-6-4-2/h9-10,12-13,29-30,35H,3-8,11,14-28H2,1-2H3,(H,34,36)(H,38,39)(H,40,41)/b10-9-,13-12-. The highest BCUT2D eigenvalue weighted by molar-refractivity contribution is 7.47. The molecule has 0 aliphatic rings. The van der Waals surface area contributed by atoms with Crippen LogP contribution in [0.25, 0.3) is 0 Å². The molecule has 4 N–H and O–H groups in total.